The Balaban J connectivity index is 2.18. The SMILES string of the molecule is C[C@H](NC(=O)OC(C)(C)C)c1nc2cccc(Cl)c2c(=O)n1-c1cncc(F)c1. The smallest absolute Gasteiger partial charge is 0.408 e. The molecule has 0 aliphatic carbocycles. The summed E-state index contributed by atoms with van der Waals surface area (Å²) >= 11 is 6.21. The molecule has 1 aromatic carbocycles. The van der Waals surface area contributed by atoms with Gasteiger partial charge in [0.1, 0.15) is 17.2 Å². The van der Waals surface area contributed by atoms with Crippen molar-refractivity contribution in [1.29, 1.82) is 0 Å². The van der Waals surface area contributed by atoms with Crippen molar-refractivity contribution in [3.63, 3.8) is 0 Å². The molecule has 1 atom stereocenters. The van der Waals surface area contributed by atoms with Gasteiger partial charge in [0.15, 0.2) is 0 Å². The van der Waals surface area contributed by atoms with Gasteiger partial charge in [0, 0.05) is 6.07 Å². The number of carbonyl (C=O) groups is 1. The average Bonchev–Trinajstić information content (AvgIpc) is 2.59. The minimum Gasteiger partial charge on any atom is -0.444 e. The van der Waals surface area contributed by atoms with Crippen LogP contribution in [0.25, 0.3) is 16.6 Å². The first kappa shape index (κ1) is 20.7. The van der Waals surface area contributed by atoms with Gasteiger partial charge in [-0.1, -0.05) is 17.7 Å². The van der Waals surface area contributed by atoms with E-state index in [-0.39, 0.29) is 21.9 Å². The van der Waals surface area contributed by atoms with Crippen molar-refractivity contribution in [2.45, 2.75) is 39.3 Å². The number of hydrogen-bond acceptors (Lipinski definition) is 5. The van der Waals surface area contributed by atoms with E-state index in [0.29, 0.717) is 5.52 Å². The molecule has 0 radical (unpaired) electrons. The minimum atomic E-state index is -0.732. The third kappa shape index (κ3) is 4.54. The van der Waals surface area contributed by atoms with Crippen molar-refractivity contribution >= 4 is 28.6 Å². The number of carbonyl (C=O) groups excluding carboxylic acids is 1. The number of halogens is 2. The summed E-state index contributed by atoms with van der Waals surface area (Å²) in [5, 5.41) is 3.06. The highest BCUT2D eigenvalue weighted by atomic mass is 35.5. The third-order valence-corrected chi connectivity index (χ3v) is 4.26. The average molecular weight is 419 g/mol. The zero-order chi connectivity index (χ0) is 21.3. The van der Waals surface area contributed by atoms with Gasteiger partial charge in [0.2, 0.25) is 0 Å². The first-order valence-corrected chi connectivity index (χ1v) is 9.26. The summed E-state index contributed by atoms with van der Waals surface area (Å²) in [5.41, 5.74) is -0.672. The van der Waals surface area contributed by atoms with Crippen LogP contribution in [0.3, 0.4) is 0 Å². The Morgan fingerprint density at radius 2 is 2.03 bits per heavy atom. The van der Waals surface area contributed by atoms with Gasteiger partial charge < -0.3 is 10.1 Å². The van der Waals surface area contributed by atoms with Gasteiger partial charge in [-0.05, 0) is 39.8 Å². The van der Waals surface area contributed by atoms with Crippen LogP contribution in [0.1, 0.15) is 39.6 Å². The lowest BCUT2D eigenvalue weighted by Gasteiger charge is -2.23. The Hall–Kier alpha value is -3.00. The number of hydrogen-bond donors (Lipinski definition) is 1. The summed E-state index contributed by atoms with van der Waals surface area (Å²) in [6, 6.07) is 5.30. The second-order valence-corrected chi connectivity index (χ2v) is 7.88. The molecule has 0 fully saturated rings. The molecule has 1 amide bonds. The van der Waals surface area contributed by atoms with Crippen LogP contribution in [0, 0.1) is 5.82 Å². The maximum absolute atomic E-state index is 13.8. The van der Waals surface area contributed by atoms with Crippen LogP contribution in [0.2, 0.25) is 5.02 Å². The fraction of sp³-hybridized carbons (Fsp3) is 0.300. The van der Waals surface area contributed by atoms with Crippen molar-refractivity contribution in [3.8, 4) is 5.69 Å². The minimum absolute atomic E-state index is 0.164. The number of nitrogens with zero attached hydrogens (tertiary/aromatic N) is 3. The van der Waals surface area contributed by atoms with E-state index < -0.39 is 29.1 Å². The number of rotatable bonds is 3. The van der Waals surface area contributed by atoms with Crippen molar-refractivity contribution in [1.82, 2.24) is 19.9 Å². The van der Waals surface area contributed by atoms with E-state index in [4.69, 9.17) is 16.3 Å². The second kappa shape index (κ2) is 7.79. The Morgan fingerprint density at radius 3 is 2.69 bits per heavy atom. The predicted molar refractivity (Wildman–Crippen MR) is 108 cm³/mol. The predicted octanol–water partition coefficient (Wildman–Crippen LogP) is 4.16. The summed E-state index contributed by atoms with van der Waals surface area (Å²) in [6.07, 6.45) is 1.69. The molecule has 0 spiro atoms. The lowest BCUT2D eigenvalue weighted by molar-refractivity contribution is 0.0505. The number of aromatic nitrogens is 3. The summed E-state index contributed by atoms with van der Waals surface area (Å²) in [7, 11) is 0. The Morgan fingerprint density at radius 1 is 1.31 bits per heavy atom. The number of amides is 1. The topological polar surface area (TPSA) is 86.1 Å². The maximum atomic E-state index is 13.8. The fourth-order valence-corrected chi connectivity index (χ4v) is 3.07. The molecule has 3 rings (SSSR count). The fourth-order valence-electron chi connectivity index (χ4n) is 2.82. The van der Waals surface area contributed by atoms with Gasteiger partial charge >= 0.3 is 6.09 Å². The normalized spacial score (nSPS) is 12.6. The number of fused-ring (bicyclic) bond motifs is 1. The van der Waals surface area contributed by atoms with Crippen LogP contribution in [0.15, 0.2) is 41.5 Å². The van der Waals surface area contributed by atoms with E-state index in [9.17, 15) is 14.0 Å². The molecule has 0 aliphatic heterocycles. The Kier molecular flexibility index (Phi) is 5.57. The van der Waals surface area contributed by atoms with Crippen molar-refractivity contribution < 1.29 is 13.9 Å². The second-order valence-electron chi connectivity index (χ2n) is 7.47. The summed E-state index contributed by atoms with van der Waals surface area (Å²) in [5.74, 6) is -0.435. The number of ether oxygens (including phenoxy) is 1. The van der Waals surface area contributed by atoms with E-state index >= 15 is 0 Å². The zero-order valence-electron chi connectivity index (χ0n) is 16.4. The highest BCUT2D eigenvalue weighted by Crippen LogP contribution is 2.23. The molecule has 0 aliphatic rings. The van der Waals surface area contributed by atoms with Crippen LogP contribution in [-0.2, 0) is 4.74 Å². The van der Waals surface area contributed by atoms with Gasteiger partial charge in [-0.25, -0.2) is 14.2 Å². The lowest BCUT2D eigenvalue weighted by Crippen LogP contribution is -2.37. The van der Waals surface area contributed by atoms with E-state index in [2.05, 4.69) is 15.3 Å². The van der Waals surface area contributed by atoms with Crippen LogP contribution in [0.5, 0.6) is 0 Å². The Labute approximate surface area is 171 Å². The first-order chi connectivity index (χ1) is 13.6. The molecule has 9 heteroatoms. The number of nitrogens with one attached hydrogen (secondary N) is 1. The monoisotopic (exact) mass is 418 g/mol. The molecule has 0 saturated carbocycles. The molecular weight excluding hydrogens is 399 g/mol. The van der Waals surface area contributed by atoms with Crippen LogP contribution in [-0.4, -0.2) is 26.2 Å². The zero-order valence-corrected chi connectivity index (χ0v) is 17.1. The quantitative estimate of drug-likeness (QED) is 0.690. The van der Waals surface area contributed by atoms with Crippen molar-refractivity contribution in [3.05, 3.63) is 63.7 Å². The highest BCUT2D eigenvalue weighted by Gasteiger charge is 2.23. The van der Waals surface area contributed by atoms with E-state index in [1.165, 1.54) is 10.8 Å². The van der Waals surface area contributed by atoms with Gasteiger partial charge in [0.05, 0.1) is 40.0 Å². The summed E-state index contributed by atoms with van der Waals surface area (Å²) < 4.78 is 20.3. The molecule has 29 heavy (non-hydrogen) atoms. The number of alkyl carbamates (subject to hydrolysis) is 1. The molecular formula is C20H20ClFN4O3. The lowest BCUT2D eigenvalue weighted by atomic mass is 10.2. The van der Waals surface area contributed by atoms with Crippen molar-refractivity contribution in [2.75, 3.05) is 0 Å². The molecule has 152 valence electrons. The number of pyridine rings is 1. The molecule has 2 aromatic heterocycles. The molecule has 2 heterocycles. The van der Waals surface area contributed by atoms with Crippen LogP contribution in [0.4, 0.5) is 9.18 Å². The van der Waals surface area contributed by atoms with Gasteiger partial charge in [-0.3, -0.25) is 14.3 Å². The summed E-state index contributed by atoms with van der Waals surface area (Å²) in [4.78, 5) is 33.8. The molecule has 0 bridgehead atoms. The first-order valence-electron chi connectivity index (χ1n) is 8.88. The van der Waals surface area contributed by atoms with Gasteiger partial charge in [-0.2, -0.15) is 0 Å². The maximum Gasteiger partial charge on any atom is 0.408 e. The van der Waals surface area contributed by atoms with Gasteiger partial charge in [-0.15, -0.1) is 0 Å². The molecule has 7 nitrogen and oxygen atoms in total. The third-order valence-electron chi connectivity index (χ3n) is 3.94. The van der Waals surface area contributed by atoms with Crippen molar-refractivity contribution in [2.24, 2.45) is 0 Å². The van der Waals surface area contributed by atoms with E-state index in [0.717, 1.165) is 12.3 Å². The standard InChI is InChI=1S/C20H20ClFN4O3/c1-11(24-19(28)29-20(2,3)4)17-25-15-7-5-6-14(21)16(15)18(27)26(17)13-8-12(22)9-23-10-13/h5-11H,1-4H3,(H,24,28)/t11-/m0/s1. The number of benzene rings is 1. The molecule has 0 saturated heterocycles. The molecule has 3 aromatic rings. The molecule has 1 N–H and O–H groups in total. The Bertz CT molecular complexity index is 1140. The van der Waals surface area contributed by atoms with E-state index in [1.54, 1.807) is 45.9 Å². The summed E-state index contributed by atoms with van der Waals surface area (Å²) in [6.45, 7) is 6.86. The van der Waals surface area contributed by atoms with E-state index in [1.807, 2.05) is 0 Å². The highest BCUT2D eigenvalue weighted by molar-refractivity contribution is 6.35. The molecule has 0 unspecified atom stereocenters. The van der Waals surface area contributed by atoms with Gasteiger partial charge in [0.25, 0.3) is 5.56 Å². The largest absolute Gasteiger partial charge is 0.444 e. The van der Waals surface area contributed by atoms with Crippen LogP contribution < -0.4 is 10.9 Å². The van der Waals surface area contributed by atoms with Crippen LogP contribution >= 0.6 is 11.6 Å².